The van der Waals surface area contributed by atoms with Crippen molar-refractivity contribution >= 4 is 5.57 Å². The first kappa shape index (κ1) is 20.9. The van der Waals surface area contributed by atoms with E-state index in [0.29, 0.717) is 11.8 Å². The second-order valence-electron chi connectivity index (χ2n) is 5.28. The molecule has 0 aromatic carbocycles. The topological polar surface area (TPSA) is 22.1 Å². The molecule has 1 aliphatic rings. The molecule has 2 heteroatoms. The lowest BCUT2D eigenvalue weighted by atomic mass is 9.88. The first-order chi connectivity index (χ1) is 10.7. The second-order valence-corrected chi connectivity index (χ2v) is 5.28. The molecule has 0 radical (unpaired) electrons. The van der Waals surface area contributed by atoms with Crippen LogP contribution >= 0.6 is 0 Å². The minimum atomic E-state index is 0.561. The Labute approximate surface area is 138 Å². The van der Waals surface area contributed by atoms with Gasteiger partial charge in [0.15, 0.2) is 0 Å². The van der Waals surface area contributed by atoms with Gasteiger partial charge in [-0.1, -0.05) is 54.5 Å². The number of ether oxygens (including phenoxy) is 1. The Balaban J connectivity index is 0.00000102. The number of hydrogen-bond donors (Lipinski definition) is 0. The van der Waals surface area contributed by atoms with E-state index in [4.69, 9.17) is 4.74 Å². The second kappa shape index (κ2) is 12.4. The summed E-state index contributed by atoms with van der Waals surface area (Å²) in [5.41, 5.74) is 3.96. The van der Waals surface area contributed by atoms with Crippen molar-refractivity contribution in [2.45, 2.75) is 67.2 Å². The fourth-order valence-corrected chi connectivity index (χ4v) is 2.66. The van der Waals surface area contributed by atoms with Crippen LogP contribution in [0.3, 0.4) is 0 Å². The number of nitrogens with zero attached hydrogens (tertiary/aromatic N) is 1. The molecule has 1 atom stereocenters. The molecular weight excluding hydrogens is 270 g/mol. The highest BCUT2D eigenvalue weighted by atomic mass is 16.5. The lowest BCUT2D eigenvalue weighted by Gasteiger charge is -2.20. The molecule has 1 aromatic rings. The Bertz CT molecular complexity index is 423. The summed E-state index contributed by atoms with van der Waals surface area (Å²) < 4.78 is 5.37. The third kappa shape index (κ3) is 6.31. The van der Waals surface area contributed by atoms with Crippen LogP contribution in [0.5, 0.6) is 0 Å². The summed E-state index contributed by atoms with van der Waals surface area (Å²) in [6.07, 6.45) is 6.31. The minimum absolute atomic E-state index is 0.561. The summed E-state index contributed by atoms with van der Waals surface area (Å²) in [4.78, 5) is 4.57. The van der Waals surface area contributed by atoms with Gasteiger partial charge < -0.3 is 4.74 Å². The van der Waals surface area contributed by atoms with E-state index in [-0.39, 0.29) is 0 Å². The molecule has 1 aliphatic heterocycles. The average molecular weight is 306 g/mol. The summed E-state index contributed by atoms with van der Waals surface area (Å²) >= 11 is 0. The fourth-order valence-electron chi connectivity index (χ4n) is 2.66. The van der Waals surface area contributed by atoms with E-state index in [9.17, 15) is 0 Å². The molecule has 2 nitrogen and oxygen atoms in total. The Morgan fingerprint density at radius 3 is 2.36 bits per heavy atom. The molecule has 0 saturated carbocycles. The standard InChI is InChI=1S/C16H23NO.2C2H6/c1-4-15(12(2)3)16-11-14(5-8-17-16)13-6-9-18-10-7-13;2*1-2/h5-6,8,11-12,15H,4,7,9-10H2,1-3H3;2*1-2H3. The maximum Gasteiger partial charge on any atom is 0.0653 e. The molecule has 1 aromatic heterocycles. The average Bonchev–Trinajstić information content (AvgIpc) is 2.60. The molecule has 126 valence electrons. The van der Waals surface area contributed by atoms with Gasteiger partial charge in [0.2, 0.25) is 0 Å². The Morgan fingerprint density at radius 1 is 1.18 bits per heavy atom. The molecule has 0 amide bonds. The van der Waals surface area contributed by atoms with Crippen molar-refractivity contribution in [1.82, 2.24) is 4.98 Å². The van der Waals surface area contributed by atoms with Crippen LogP contribution in [0.25, 0.3) is 5.57 Å². The lowest BCUT2D eigenvalue weighted by Crippen LogP contribution is -2.09. The predicted molar refractivity (Wildman–Crippen MR) is 98.2 cm³/mol. The Hall–Kier alpha value is -1.15. The Morgan fingerprint density at radius 2 is 1.86 bits per heavy atom. The molecule has 0 fully saturated rings. The van der Waals surface area contributed by atoms with Crippen LogP contribution in [0.2, 0.25) is 0 Å². The molecular formula is C20H35NO. The van der Waals surface area contributed by atoms with Gasteiger partial charge in [-0.25, -0.2) is 0 Å². The monoisotopic (exact) mass is 305 g/mol. The van der Waals surface area contributed by atoms with Gasteiger partial charge in [0.05, 0.1) is 13.2 Å². The highest BCUT2D eigenvalue weighted by molar-refractivity contribution is 5.66. The summed E-state index contributed by atoms with van der Waals surface area (Å²) in [5.74, 6) is 1.20. The Kier molecular flexibility index (Phi) is 11.8. The van der Waals surface area contributed by atoms with Gasteiger partial charge in [0, 0.05) is 17.8 Å². The van der Waals surface area contributed by atoms with Crippen molar-refractivity contribution in [2.24, 2.45) is 5.92 Å². The zero-order chi connectivity index (χ0) is 17.0. The van der Waals surface area contributed by atoms with Crippen molar-refractivity contribution in [3.8, 4) is 0 Å². The summed E-state index contributed by atoms with van der Waals surface area (Å²) in [7, 11) is 0. The van der Waals surface area contributed by atoms with Gasteiger partial charge in [-0.3, -0.25) is 4.98 Å². The zero-order valence-corrected chi connectivity index (χ0v) is 15.6. The fraction of sp³-hybridized carbons (Fsp3) is 0.650. The molecule has 0 aliphatic carbocycles. The largest absolute Gasteiger partial charge is 0.377 e. The quantitative estimate of drug-likeness (QED) is 0.671. The highest BCUT2D eigenvalue weighted by Gasteiger charge is 2.16. The number of hydrogen-bond acceptors (Lipinski definition) is 2. The number of pyridine rings is 1. The van der Waals surface area contributed by atoms with E-state index in [0.717, 1.165) is 26.1 Å². The first-order valence-corrected chi connectivity index (χ1v) is 8.95. The molecule has 0 saturated heterocycles. The van der Waals surface area contributed by atoms with Gasteiger partial charge >= 0.3 is 0 Å². The zero-order valence-electron chi connectivity index (χ0n) is 15.6. The van der Waals surface area contributed by atoms with Gasteiger partial charge in [-0.15, -0.1) is 0 Å². The molecule has 1 unspecified atom stereocenters. The molecule has 0 spiro atoms. The van der Waals surface area contributed by atoms with Gasteiger partial charge in [0.1, 0.15) is 0 Å². The maximum atomic E-state index is 5.37. The first-order valence-electron chi connectivity index (χ1n) is 8.95. The molecule has 0 N–H and O–H groups in total. The van der Waals surface area contributed by atoms with Crippen LogP contribution in [0.15, 0.2) is 24.4 Å². The van der Waals surface area contributed by atoms with Crippen LogP contribution in [-0.4, -0.2) is 18.2 Å². The van der Waals surface area contributed by atoms with E-state index in [1.165, 1.54) is 16.8 Å². The van der Waals surface area contributed by atoms with Crippen LogP contribution < -0.4 is 0 Å². The van der Waals surface area contributed by atoms with Gasteiger partial charge in [-0.05, 0) is 42.0 Å². The van der Waals surface area contributed by atoms with Crippen molar-refractivity contribution in [3.63, 3.8) is 0 Å². The van der Waals surface area contributed by atoms with E-state index < -0.39 is 0 Å². The third-order valence-corrected chi connectivity index (χ3v) is 3.74. The van der Waals surface area contributed by atoms with E-state index in [2.05, 4.69) is 44.0 Å². The van der Waals surface area contributed by atoms with E-state index in [1.807, 2.05) is 33.9 Å². The SMILES string of the molecule is CC.CC.CCC(c1cc(C2=CCOCC2)ccn1)C(C)C. The summed E-state index contributed by atoms with van der Waals surface area (Å²) in [6, 6.07) is 4.39. The third-order valence-electron chi connectivity index (χ3n) is 3.74. The van der Waals surface area contributed by atoms with Crippen molar-refractivity contribution < 1.29 is 4.74 Å². The highest BCUT2D eigenvalue weighted by Crippen LogP contribution is 2.29. The van der Waals surface area contributed by atoms with Crippen molar-refractivity contribution in [2.75, 3.05) is 13.2 Å². The van der Waals surface area contributed by atoms with E-state index in [1.54, 1.807) is 0 Å². The maximum absolute atomic E-state index is 5.37. The summed E-state index contributed by atoms with van der Waals surface area (Å²) in [5, 5.41) is 0. The number of aromatic nitrogens is 1. The lowest BCUT2D eigenvalue weighted by molar-refractivity contribution is 0.161. The predicted octanol–water partition coefficient (Wildman–Crippen LogP) is 6.09. The van der Waals surface area contributed by atoms with E-state index >= 15 is 0 Å². The molecule has 2 heterocycles. The summed E-state index contributed by atoms with van der Waals surface area (Å²) in [6.45, 7) is 16.4. The van der Waals surface area contributed by atoms with Crippen molar-refractivity contribution in [3.05, 3.63) is 35.7 Å². The van der Waals surface area contributed by atoms with Gasteiger partial charge in [0.25, 0.3) is 0 Å². The van der Waals surface area contributed by atoms with Gasteiger partial charge in [-0.2, -0.15) is 0 Å². The minimum Gasteiger partial charge on any atom is -0.377 e. The van der Waals surface area contributed by atoms with Crippen LogP contribution in [-0.2, 0) is 4.74 Å². The normalized spacial score (nSPS) is 15.0. The molecule has 22 heavy (non-hydrogen) atoms. The molecule has 0 bridgehead atoms. The molecule has 2 rings (SSSR count). The van der Waals surface area contributed by atoms with Crippen LogP contribution in [0, 0.1) is 5.92 Å². The van der Waals surface area contributed by atoms with Crippen LogP contribution in [0.4, 0.5) is 0 Å². The smallest absolute Gasteiger partial charge is 0.0653 e. The van der Waals surface area contributed by atoms with Crippen molar-refractivity contribution in [1.29, 1.82) is 0 Å². The number of rotatable bonds is 4. The van der Waals surface area contributed by atoms with Crippen LogP contribution in [0.1, 0.15) is 78.5 Å².